The van der Waals surface area contributed by atoms with E-state index in [-0.39, 0.29) is 11.7 Å². The standard InChI is InChI=1S/C14H26N6/c15-11(16)13(7-3-1-4-8-13)19-20-14(12(17)18)9-5-2-6-10-14/h1-10H2,(H3,15,16)(H3,17,18). The molecule has 2 aliphatic carbocycles. The zero-order chi connectivity index (χ0) is 14.6. The molecule has 6 N–H and O–H groups in total. The van der Waals surface area contributed by atoms with Crippen LogP contribution in [0.5, 0.6) is 0 Å². The first-order chi connectivity index (χ1) is 9.51. The fraction of sp³-hybridized carbons (Fsp3) is 0.857. The Kier molecular flexibility index (Phi) is 4.40. The number of azo groups is 1. The van der Waals surface area contributed by atoms with E-state index in [2.05, 4.69) is 10.2 Å². The summed E-state index contributed by atoms with van der Waals surface area (Å²) in [5.74, 6) is 0.214. The molecule has 0 aromatic carbocycles. The second-order valence-electron chi connectivity index (χ2n) is 6.21. The molecule has 20 heavy (non-hydrogen) atoms. The molecule has 112 valence electrons. The van der Waals surface area contributed by atoms with E-state index in [1.807, 2.05) is 0 Å². The van der Waals surface area contributed by atoms with Crippen LogP contribution < -0.4 is 11.5 Å². The largest absolute Gasteiger partial charge is 0.386 e. The summed E-state index contributed by atoms with van der Waals surface area (Å²) in [6.07, 6.45) is 9.64. The van der Waals surface area contributed by atoms with Crippen molar-refractivity contribution in [2.24, 2.45) is 21.7 Å². The molecule has 0 heterocycles. The second kappa shape index (κ2) is 5.89. The van der Waals surface area contributed by atoms with E-state index in [0.717, 1.165) is 51.4 Å². The molecule has 0 saturated heterocycles. The van der Waals surface area contributed by atoms with Crippen molar-refractivity contribution in [3.63, 3.8) is 0 Å². The van der Waals surface area contributed by atoms with Gasteiger partial charge in [0.2, 0.25) is 0 Å². The molecule has 0 aromatic rings. The molecule has 0 atom stereocenters. The highest BCUT2D eigenvalue weighted by atomic mass is 15.2. The van der Waals surface area contributed by atoms with Gasteiger partial charge in [0.05, 0.1) is 0 Å². The van der Waals surface area contributed by atoms with E-state index in [0.29, 0.717) is 0 Å². The molecule has 6 nitrogen and oxygen atoms in total. The van der Waals surface area contributed by atoms with Crippen LogP contribution in [-0.2, 0) is 0 Å². The van der Waals surface area contributed by atoms with Gasteiger partial charge in [-0.05, 0) is 25.7 Å². The number of rotatable bonds is 4. The second-order valence-corrected chi connectivity index (χ2v) is 6.21. The van der Waals surface area contributed by atoms with Gasteiger partial charge >= 0.3 is 0 Å². The van der Waals surface area contributed by atoms with Gasteiger partial charge in [-0.15, -0.1) is 0 Å². The number of nitrogens with one attached hydrogen (secondary N) is 2. The van der Waals surface area contributed by atoms with Gasteiger partial charge in [-0.2, -0.15) is 10.2 Å². The zero-order valence-electron chi connectivity index (χ0n) is 12.1. The lowest BCUT2D eigenvalue weighted by Gasteiger charge is -2.35. The minimum Gasteiger partial charge on any atom is -0.386 e. The summed E-state index contributed by atoms with van der Waals surface area (Å²) in [5, 5.41) is 24.7. The summed E-state index contributed by atoms with van der Waals surface area (Å²) in [5.41, 5.74) is 10.3. The molecular weight excluding hydrogens is 252 g/mol. The van der Waals surface area contributed by atoms with E-state index in [1.54, 1.807) is 0 Å². The summed E-state index contributed by atoms with van der Waals surface area (Å²) in [6, 6.07) is 0. The van der Waals surface area contributed by atoms with E-state index >= 15 is 0 Å². The Labute approximate surface area is 120 Å². The highest BCUT2D eigenvalue weighted by Gasteiger charge is 2.40. The van der Waals surface area contributed by atoms with E-state index in [4.69, 9.17) is 22.3 Å². The first-order valence-electron chi connectivity index (χ1n) is 7.64. The van der Waals surface area contributed by atoms with Gasteiger partial charge in [-0.3, -0.25) is 10.8 Å². The lowest BCUT2D eigenvalue weighted by Crippen LogP contribution is -2.46. The van der Waals surface area contributed by atoms with Gasteiger partial charge in [0, 0.05) is 0 Å². The third kappa shape index (κ3) is 2.83. The first kappa shape index (κ1) is 14.9. The van der Waals surface area contributed by atoms with Crippen LogP contribution in [-0.4, -0.2) is 22.7 Å². The third-order valence-electron chi connectivity index (χ3n) is 4.80. The van der Waals surface area contributed by atoms with Gasteiger partial charge in [0.15, 0.2) is 0 Å². The van der Waals surface area contributed by atoms with Crippen molar-refractivity contribution in [1.29, 1.82) is 10.8 Å². The lowest BCUT2D eigenvalue weighted by molar-refractivity contribution is 0.321. The van der Waals surface area contributed by atoms with Crippen LogP contribution in [0.2, 0.25) is 0 Å². The highest BCUT2D eigenvalue weighted by molar-refractivity contribution is 5.88. The lowest BCUT2D eigenvalue weighted by atomic mass is 9.80. The number of nitrogens with two attached hydrogens (primary N) is 2. The quantitative estimate of drug-likeness (QED) is 0.358. The zero-order valence-corrected chi connectivity index (χ0v) is 12.1. The van der Waals surface area contributed by atoms with Gasteiger partial charge in [0.25, 0.3) is 0 Å². The van der Waals surface area contributed by atoms with Crippen molar-refractivity contribution in [3.05, 3.63) is 0 Å². The monoisotopic (exact) mass is 278 g/mol. The van der Waals surface area contributed by atoms with Crippen molar-refractivity contribution in [2.75, 3.05) is 0 Å². The number of amidine groups is 2. The van der Waals surface area contributed by atoms with Crippen LogP contribution in [0.25, 0.3) is 0 Å². The smallest absolute Gasteiger partial charge is 0.138 e. The van der Waals surface area contributed by atoms with Crippen molar-refractivity contribution >= 4 is 11.7 Å². The molecule has 0 radical (unpaired) electrons. The number of nitrogens with zero attached hydrogens (tertiary/aromatic N) is 2. The Morgan fingerprint density at radius 1 is 0.650 bits per heavy atom. The third-order valence-corrected chi connectivity index (χ3v) is 4.80. The molecule has 6 heteroatoms. The van der Waals surface area contributed by atoms with Crippen LogP contribution >= 0.6 is 0 Å². The Morgan fingerprint density at radius 2 is 0.950 bits per heavy atom. The van der Waals surface area contributed by atoms with E-state index < -0.39 is 11.1 Å². The number of hydrogen-bond donors (Lipinski definition) is 4. The van der Waals surface area contributed by atoms with Crippen molar-refractivity contribution < 1.29 is 0 Å². The van der Waals surface area contributed by atoms with Crippen molar-refractivity contribution in [2.45, 2.75) is 75.3 Å². The Balaban J connectivity index is 2.23. The molecule has 2 saturated carbocycles. The minimum atomic E-state index is -0.641. The van der Waals surface area contributed by atoms with Crippen LogP contribution in [0, 0.1) is 10.8 Å². The Morgan fingerprint density at radius 3 is 1.20 bits per heavy atom. The fourth-order valence-electron chi connectivity index (χ4n) is 3.31. The molecule has 0 amide bonds. The van der Waals surface area contributed by atoms with Gasteiger partial charge in [0.1, 0.15) is 22.7 Å². The maximum absolute atomic E-state index is 7.86. The average molecular weight is 278 g/mol. The van der Waals surface area contributed by atoms with Crippen LogP contribution in [0.1, 0.15) is 64.2 Å². The predicted molar refractivity (Wildman–Crippen MR) is 80.3 cm³/mol. The molecular formula is C14H26N6. The highest BCUT2D eigenvalue weighted by Crippen LogP contribution is 2.36. The maximum Gasteiger partial charge on any atom is 0.138 e. The molecule has 2 aliphatic rings. The average Bonchev–Trinajstić information content (AvgIpc) is 2.47. The van der Waals surface area contributed by atoms with Gasteiger partial charge in [-0.25, -0.2) is 0 Å². The van der Waals surface area contributed by atoms with Crippen molar-refractivity contribution in [3.8, 4) is 0 Å². The Hall–Kier alpha value is -1.46. The molecule has 0 spiro atoms. The normalized spacial score (nSPS) is 25.4. The SMILES string of the molecule is N=C(N)C1(N=NC2(C(=N)N)CCCCC2)CCCCC1. The van der Waals surface area contributed by atoms with Gasteiger partial charge in [-0.1, -0.05) is 38.5 Å². The predicted octanol–water partition coefficient (Wildman–Crippen LogP) is 2.72. The van der Waals surface area contributed by atoms with Crippen molar-refractivity contribution in [1.82, 2.24) is 0 Å². The molecule has 0 bridgehead atoms. The molecule has 2 fully saturated rings. The molecule has 2 rings (SSSR count). The Bertz CT molecular complexity index is 364. The van der Waals surface area contributed by atoms with Crippen LogP contribution in [0.15, 0.2) is 10.2 Å². The summed E-state index contributed by atoms with van der Waals surface area (Å²) < 4.78 is 0. The summed E-state index contributed by atoms with van der Waals surface area (Å²) in [4.78, 5) is 0. The number of hydrogen-bond acceptors (Lipinski definition) is 4. The maximum atomic E-state index is 7.86. The summed E-state index contributed by atoms with van der Waals surface area (Å²) >= 11 is 0. The molecule has 0 aliphatic heterocycles. The fourth-order valence-corrected chi connectivity index (χ4v) is 3.31. The topological polar surface area (TPSA) is 124 Å². The summed E-state index contributed by atoms with van der Waals surface area (Å²) in [6.45, 7) is 0. The van der Waals surface area contributed by atoms with Crippen LogP contribution in [0.4, 0.5) is 0 Å². The summed E-state index contributed by atoms with van der Waals surface area (Å²) in [7, 11) is 0. The first-order valence-corrected chi connectivity index (χ1v) is 7.64. The minimum absolute atomic E-state index is 0.107. The van der Waals surface area contributed by atoms with E-state index in [1.165, 1.54) is 12.8 Å². The molecule has 0 unspecified atom stereocenters. The van der Waals surface area contributed by atoms with Gasteiger partial charge < -0.3 is 11.5 Å². The van der Waals surface area contributed by atoms with E-state index in [9.17, 15) is 0 Å². The molecule has 0 aromatic heterocycles. The van der Waals surface area contributed by atoms with Crippen LogP contribution in [0.3, 0.4) is 0 Å².